The molecule has 0 radical (unpaired) electrons. The first-order chi connectivity index (χ1) is 7.65. The number of aliphatic hydroxyl groups is 1. The van der Waals surface area contributed by atoms with Gasteiger partial charge in [0.1, 0.15) is 0 Å². The Bertz CT molecular complexity index is 221. The van der Waals surface area contributed by atoms with Gasteiger partial charge in [-0.2, -0.15) is 0 Å². The van der Waals surface area contributed by atoms with E-state index in [2.05, 4.69) is 5.32 Å². The third-order valence-electron chi connectivity index (χ3n) is 3.39. The molecule has 4 nitrogen and oxygen atoms in total. The summed E-state index contributed by atoms with van der Waals surface area (Å²) < 4.78 is 0. The van der Waals surface area contributed by atoms with E-state index >= 15 is 0 Å². The quantitative estimate of drug-likeness (QED) is 0.622. The predicted molar refractivity (Wildman–Crippen MR) is 63.9 cm³/mol. The van der Waals surface area contributed by atoms with Crippen molar-refractivity contribution in [3.63, 3.8) is 0 Å². The number of hydrogen-bond donors (Lipinski definition) is 3. The predicted octanol–water partition coefficient (Wildman–Crippen LogP) is 0.781. The summed E-state index contributed by atoms with van der Waals surface area (Å²) in [6, 6.07) is -0.0127. The number of rotatable bonds is 4. The van der Waals surface area contributed by atoms with Gasteiger partial charge < -0.3 is 16.2 Å². The van der Waals surface area contributed by atoms with Crippen molar-refractivity contribution < 1.29 is 9.90 Å². The van der Waals surface area contributed by atoms with Gasteiger partial charge in [0.15, 0.2) is 0 Å². The molecule has 1 aliphatic carbocycles. The normalized spacial score (nSPS) is 28.2. The smallest absolute Gasteiger partial charge is 0.224 e. The summed E-state index contributed by atoms with van der Waals surface area (Å²) in [4.78, 5) is 11.9. The molecule has 1 aliphatic rings. The summed E-state index contributed by atoms with van der Waals surface area (Å²) in [5, 5.41) is 12.2. The first kappa shape index (κ1) is 13.5. The van der Waals surface area contributed by atoms with E-state index in [9.17, 15) is 9.90 Å². The van der Waals surface area contributed by atoms with Gasteiger partial charge in [-0.15, -0.1) is 0 Å². The van der Waals surface area contributed by atoms with Gasteiger partial charge in [0.05, 0.1) is 12.0 Å². The lowest BCUT2D eigenvalue weighted by Crippen LogP contribution is -2.43. The molecule has 1 rings (SSSR count). The number of aliphatic hydroxyl groups excluding tert-OH is 1. The zero-order valence-electron chi connectivity index (χ0n) is 10.1. The van der Waals surface area contributed by atoms with Crippen molar-refractivity contribution in [2.45, 2.75) is 57.6 Å². The summed E-state index contributed by atoms with van der Waals surface area (Å²) in [5.41, 5.74) is 6.00. The summed E-state index contributed by atoms with van der Waals surface area (Å²) in [6.45, 7) is 2.24. The van der Waals surface area contributed by atoms with E-state index in [4.69, 9.17) is 5.73 Å². The molecule has 0 saturated heterocycles. The lowest BCUT2D eigenvalue weighted by Gasteiger charge is -2.21. The van der Waals surface area contributed by atoms with Crippen LogP contribution in [0, 0.1) is 5.92 Å². The second-order valence-electron chi connectivity index (χ2n) is 4.72. The Kier molecular flexibility index (Phi) is 5.77. The summed E-state index contributed by atoms with van der Waals surface area (Å²) in [7, 11) is 0. The Morgan fingerprint density at radius 3 is 2.81 bits per heavy atom. The number of carbonyl (C=O) groups is 1. The Labute approximate surface area is 97.6 Å². The van der Waals surface area contributed by atoms with E-state index in [0.717, 1.165) is 25.7 Å². The minimum absolute atomic E-state index is 0.0127. The van der Waals surface area contributed by atoms with E-state index in [-0.39, 0.29) is 17.9 Å². The highest BCUT2D eigenvalue weighted by molar-refractivity contribution is 5.79. The molecule has 0 aromatic rings. The maximum atomic E-state index is 11.9. The van der Waals surface area contributed by atoms with Gasteiger partial charge in [0, 0.05) is 12.6 Å². The van der Waals surface area contributed by atoms with Gasteiger partial charge in [-0.1, -0.05) is 26.2 Å². The molecule has 3 unspecified atom stereocenters. The second-order valence-corrected chi connectivity index (χ2v) is 4.72. The van der Waals surface area contributed by atoms with Crippen LogP contribution in [0.5, 0.6) is 0 Å². The van der Waals surface area contributed by atoms with Gasteiger partial charge in [-0.05, 0) is 19.3 Å². The van der Waals surface area contributed by atoms with Crippen LogP contribution >= 0.6 is 0 Å². The fraction of sp³-hybridized carbons (Fsp3) is 0.917. The van der Waals surface area contributed by atoms with Crippen molar-refractivity contribution in [2.75, 3.05) is 6.54 Å². The Morgan fingerprint density at radius 1 is 1.44 bits per heavy atom. The second kappa shape index (κ2) is 6.86. The fourth-order valence-corrected chi connectivity index (χ4v) is 2.16. The first-order valence-corrected chi connectivity index (χ1v) is 6.36. The average molecular weight is 228 g/mol. The number of nitrogens with two attached hydrogens (primary N) is 1. The number of carbonyl (C=O) groups excluding carboxylic acids is 1. The molecule has 94 valence electrons. The number of amides is 1. The van der Waals surface area contributed by atoms with Gasteiger partial charge >= 0.3 is 0 Å². The molecule has 1 fully saturated rings. The Hall–Kier alpha value is -0.610. The van der Waals surface area contributed by atoms with E-state index in [1.807, 2.05) is 6.92 Å². The molecule has 0 aromatic heterocycles. The van der Waals surface area contributed by atoms with Crippen molar-refractivity contribution >= 4 is 5.91 Å². The molecule has 4 heteroatoms. The van der Waals surface area contributed by atoms with E-state index in [1.54, 1.807) is 0 Å². The molecule has 4 N–H and O–H groups in total. The topological polar surface area (TPSA) is 75.3 Å². The SMILES string of the molecule is CCC(O)CNC(=O)C1CCCCCC1N. The highest BCUT2D eigenvalue weighted by Gasteiger charge is 2.26. The Morgan fingerprint density at radius 2 is 2.12 bits per heavy atom. The monoisotopic (exact) mass is 228 g/mol. The van der Waals surface area contributed by atoms with Crippen LogP contribution in [-0.4, -0.2) is 29.7 Å². The van der Waals surface area contributed by atoms with Crippen LogP contribution in [-0.2, 0) is 4.79 Å². The number of hydrogen-bond acceptors (Lipinski definition) is 3. The molecule has 0 spiro atoms. The van der Waals surface area contributed by atoms with Crippen molar-refractivity contribution in [2.24, 2.45) is 11.7 Å². The minimum atomic E-state index is -0.439. The van der Waals surface area contributed by atoms with Gasteiger partial charge in [-0.3, -0.25) is 4.79 Å². The molecule has 0 heterocycles. The zero-order chi connectivity index (χ0) is 12.0. The minimum Gasteiger partial charge on any atom is -0.391 e. The third-order valence-corrected chi connectivity index (χ3v) is 3.39. The van der Waals surface area contributed by atoms with Gasteiger partial charge in [-0.25, -0.2) is 0 Å². The average Bonchev–Trinajstić information content (AvgIpc) is 2.50. The summed E-state index contributed by atoms with van der Waals surface area (Å²) in [6.07, 6.45) is 5.44. The largest absolute Gasteiger partial charge is 0.391 e. The van der Waals surface area contributed by atoms with Crippen LogP contribution in [0.4, 0.5) is 0 Å². The molecule has 3 atom stereocenters. The maximum absolute atomic E-state index is 11.9. The standard InChI is InChI=1S/C12H24N2O2/c1-2-9(15)8-14-12(16)10-6-4-3-5-7-11(10)13/h9-11,15H,2-8,13H2,1H3,(H,14,16). The molecular weight excluding hydrogens is 204 g/mol. The van der Waals surface area contributed by atoms with E-state index in [1.165, 1.54) is 6.42 Å². The first-order valence-electron chi connectivity index (χ1n) is 6.36. The summed E-state index contributed by atoms with van der Waals surface area (Å²) >= 11 is 0. The zero-order valence-corrected chi connectivity index (χ0v) is 10.1. The van der Waals surface area contributed by atoms with Crippen LogP contribution in [0.15, 0.2) is 0 Å². The Balaban J connectivity index is 2.38. The fourth-order valence-electron chi connectivity index (χ4n) is 2.16. The number of nitrogens with one attached hydrogen (secondary N) is 1. The molecule has 0 aliphatic heterocycles. The molecule has 16 heavy (non-hydrogen) atoms. The highest BCUT2D eigenvalue weighted by atomic mass is 16.3. The van der Waals surface area contributed by atoms with Crippen molar-refractivity contribution in [1.82, 2.24) is 5.32 Å². The highest BCUT2D eigenvalue weighted by Crippen LogP contribution is 2.22. The lowest BCUT2D eigenvalue weighted by molar-refractivity contribution is -0.126. The van der Waals surface area contributed by atoms with Crippen LogP contribution in [0.2, 0.25) is 0 Å². The van der Waals surface area contributed by atoms with Crippen LogP contribution in [0.1, 0.15) is 45.4 Å². The lowest BCUT2D eigenvalue weighted by atomic mass is 9.94. The van der Waals surface area contributed by atoms with Crippen molar-refractivity contribution in [3.8, 4) is 0 Å². The molecule has 1 saturated carbocycles. The molecule has 1 amide bonds. The van der Waals surface area contributed by atoms with Crippen LogP contribution in [0.3, 0.4) is 0 Å². The van der Waals surface area contributed by atoms with Crippen LogP contribution < -0.4 is 11.1 Å². The van der Waals surface area contributed by atoms with Crippen LogP contribution in [0.25, 0.3) is 0 Å². The van der Waals surface area contributed by atoms with Crippen molar-refractivity contribution in [1.29, 1.82) is 0 Å². The van der Waals surface area contributed by atoms with Crippen molar-refractivity contribution in [3.05, 3.63) is 0 Å². The van der Waals surface area contributed by atoms with Gasteiger partial charge in [0.2, 0.25) is 5.91 Å². The molecular formula is C12H24N2O2. The maximum Gasteiger partial charge on any atom is 0.224 e. The van der Waals surface area contributed by atoms with E-state index in [0.29, 0.717) is 13.0 Å². The summed E-state index contributed by atoms with van der Waals surface area (Å²) in [5.74, 6) is -0.0477. The molecule has 0 bridgehead atoms. The van der Waals surface area contributed by atoms with Gasteiger partial charge in [0.25, 0.3) is 0 Å². The molecule has 0 aromatic carbocycles. The third kappa shape index (κ3) is 4.10. The van der Waals surface area contributed by atoms with E-state index < -0.39 is 6.10 Å².